The lowest BCUT2D eigenvalue weighted by atomic mass is 9.93. The van der Waals surface area contributed by atoms with Crippen molar-refractivity contribution in [3.05, 3.63) is 11.3 Å². The third kappa shape index (κ3) is 3.12. The Morgan fingerprint density at radius 3 is 2.14 bits per heavy atom. The molecule has 1 unspecified atom stereocenters. The van der Waals surface area contributed by atoms with Crippen LogP contribution in [0.15, 0.2) is 11.3 Å². The van der Waals surface area contributed by atoms with Gasteiger partial charge in [-0.05, 0) is 6.92 Å². The van der Waals surface area contributed by atoms with Crippen LogP contribution in [-0.2, 0) is 23.8 Å². The highest BCUT2D eigenvalue weighted by atomic mass is 19.4. The van der Waals surface area contributed by atoms with Crippen LogP contribution in [0.25, 0.3) is 0 Å². The number of hydrogen-bond acceptors (Lipinski definition) is 5. The van der Waals surface area contributed by atoms with Crippen LogP contribution in [-0.4, -0.2) is 43.1 Å². The van der Waals surface area contributed by atoms with E-state index in [2.05, 4.69) is 14.2 Å². The van der Waals surface area contributed by atoms with Crippen molar-refractivity contribution in [1.29, 1.82) is 0 Å². The Kier molecular flexibility index (Phi) is 4.68. The first-order chi connectivity index (χ1) is 9.87. The van der Waals surface area contributed by atoms with E-state index < -0.39 is 54.4 Å². The van der Waals surface area contributed by atoms with Gasteiger partial charge in [0.2, 0.25) is 5.76 Å². The zero-order valence-corrected chi connectivity index (χ0v) is 11.2. The second kappa shape index (κ2) is 5.69. The molecule has 1 aliphatic rings. The molecule has 1 aliphatic heterocycles. The molecule has 0 fully saturated rings. The van der Waals surface area contributed by atoms with Gasteiger partial charge in [-0.3, -0.25) is 4.79 Å². The molecule has 1 atom stereocenters. The van der Waals surface area contributed by atoms with Crippen molar-refractivity contribution in [2.24, 2.45) is 0 Å². The van der Waals surface area contributed by atoms with Crippen molar-refractivity contribution in [3.8, 4) is 0 Å². The molecule has 1 heterocycles. The van der Waals surface area contributed by atoms with Gasteiger partial charge in [-0.1, -0.05) is 0 Å². The molecule has 11 heteroatoms. The topological polar surface area (TPSA) is 61.8 Å². The second-order valence-corrected chi connectivity index (χ2v) is 4.13. The monoisotopic (exact) mass is 336 g/mol. The van der Waals surface area contributed by atoms with Crippen LogP contribution in [0.3, 0.4) is 0 Å². The van der Waals surface area contributed by atoms with Crippen molar-refractivity contribution in [3.63, 3.8) is 0 Å². The zero-order valence-electron chi connectivity index (χ0n) is 11.2. The lowest BCUT2D eigenvalue weighted by Gasteiger charge is -2.30. The van der Waals surface area contributed by atoms with Crippen LogP contribution >= 0.6 is 0 Å². The quantitative estimate of drug-likeness (QED) is 0.584. The number of carbonyl (C=O) groups is 2. The van der Waals surface area contributed by atoms with Crippen LogP contribution in [0, 0.1) is 0 Å². The van der Waals surface area contributed by atoms with Crippen LogP contribution in [0.4, 0.5) is 26.3 Å². The molecule has 0 aliphatic carbocycles. The first-order valence-corrected chi connectivity index (χ1v) is 5.75. The molecular formula is C11H10F6O5. The molecule has 5 nitrogen and oxygen atoms in total. The molecule has 0 N–H and O–H groups in total. The summed E-state index contributed by atoms with van der Waals surface area (Å²) in [4.78, 5) is 22.5. The summed E-state index contributed by atoms with van der Waals surface area (Å²) in [7, 11) is 0. The Morgan fingerprint density at radius 1 is 1.23 bits per heavy atom. The van der Waals surface area contributed by atoms with E-state index in [0.717, 1.165) is 0 Å². The number of allylic oxidation sites excluding steroid dienone is 1. The van der Waals surface area contributed by atoms with Crippen molar-refractivity contribution < 1.29 is 50.1 Å². The average Bonchev–Trinajstić information content (AvgIpc) is 2.68. The normalized spacial score (nSPS) is 22.4. The Morgan fingerprint density at radius 2 is 1.77 bits per heavy atom. The number of carbonyl (C=O) groups excluding carboxylic acids is 2. The number of halogens is 6. The summed E-state index contributed by atoms with van der Waals surface area (Å²) in [5.74, 6) is -5.65. The van der Waals surface area contributed by atoms with Crippen molar-refractivity contribution >= 4 is 11.9 Å². The summed E-state index contributed by atoms with van der Waals surface area (Å²) in [6, 6.07) is 0. The fraction of sp³-hybridized carbons (Fsp3) is 0.636. The zero-order chi connectivity index (χ0) is 17.3. The Hall–Kier alpha value is -1.94. The molecule has 1 rings (SSSR count). The molecule has 0 bridgehead atoms. The summed E-state index contributed by atoms with van der Waals surface area (Å²) in [5.41, 5.74) is -5.79. The minimum atomic E-state index is -5.52. The van der Waals surface area contributed by atoms with E-state index in [1.165, 1.54) is 6.92 Å². The van der Waals surface area contributed by atoms with Crippen molar-refractivity contribution in [2.45, 2.75) is 31.8 Å². The lowest BCUT2D eigenvalue weighted by molar-refractivity contribution is -0.259. The number of ether oxygens (including phenoxy) is 3. The molecule has 22 heavy (non-hydrogen) atoms. The maximum Gasteiger partial charge on any atom is 0.449 e. The van der Waals surface area contributed by atoms with Gasteiger partial charge in [0.15, 0.2) is 0 Å². The van der Waals surface area contributed by atoms with Gasteiger partial charge in [0, 0.05) is 6.92 Å². The van der Waals surface area contributed by atoms with Gasteiger partial charge in [-0.2, -0.15) is 26.3 Å². The molecule has 0 saturated carbocycles. The van der Waals surface area contributed by atoms with Gasteiger partial charge in [-0.25, -0.2) is 4.79 Å². The predicted molar refractivity (Wildman–Crippen MR) is 56.2 cm³/mol. The largest absolute Gasteiger partial charge is 0.483 e. The maximum atomic E-state index is 13.2. The van der Waals surface area contributed by atoms with Crippen LogP contribution in [0.5, 0.6) is 0 Å². The highest BCUT2D eigenvalue weighted by molar-refractivity contribution is 5.93. The van der Waals surface area contributed by atoms with Crippen LogP contribution < -0.4 is 0 Å². The molecule has 0 saturated heterocycles. The van der Waals surface area contributed by atoms with Gasteiger partial charge in [-0.15, -0.1) is 0 Å². The van der Waals surface area contributed by atoms with E-state index in [1.807, 2.05) is 0 Å². The summed E-state index contributed by atoms with van der Waals surface area (Å²) < 4.78 is 90.2. The SMILES string of the molecule is CCOC(=O)C1=C(C(F)(F)F)OCC1(OC(C)=O)C(F)(F)F. The molecule has 0 aromatic carbocycles. The highest BCUT2D eigenvalue weighted by Gasteiger charge is 2.70. The van der Waals surface area contributed by atoms with E-state index in [-0.39, 0.29) is 0 Å². The Labute approximate surface area is 119 Å². The predicted octanol–water partition coefficient (Wildman–Crippen LogP) is 2.26. The van der Waals surface area contributed by atoms with Gasteiger partial charge in [0.1, 0.15) is 12.2 Å². The number of hydrogen-bond donors (Lipinski definition) is 0. The first kappa shape index (κ1) is 18.1. The highest BCUT2D eigenvalue weighted by Crippen LogP contribution is 2.49. The van der Waals surface area contributed by atoms with Crippen molar-refractivity contribution in [2.75, 3.05) is 13.2 Å². The third-order valence-electron chi connectivity index (χ3n) is 2.56. The van der Waals surface area contributed by atoms with E-state index >= 15 is 0 Å². The lowest BCUT2D eigenvalue weighted by Crippen LogP contribution is -2.53. The maximum absolute atomic E-state index is 13.2. The van der Waals surface area contributed by atoms with E-state index in [9.17, 15) is 35.9 Å². The third-order valence-corrected chi connectivity index (χ3v) is 2.56. The second-order valence-electron chi connectivity index (χ2n) is 4.13. The van der Waals surface area contributed by atoms with Crippen LogP contribution in [0.1, 0.15) is 13.8 Å². The summed E-state index contributed by atoms with van der Waals surface area (Å²) in [6.45, 7) is -0.467. The van der Waals surface area contributed by atoms with Gasteiger partial charge < -0.3 is 14.2 Å². The minimum Gasteiger partial charge on any atom is -0.483 e. The Balaban J connectivity index is 3.59. The number of alkyl halides is 6. The van der Waals surface area contributed by atoms with E-state index in [0.29, 0.717) is 6.92 Å². The van der Waals surface area contributed by atoms with Gasteiger partial charge in [0.25, 0.3) is 5.60 Å². The van der Waals surface area contributed by atoms with E-state index in [4.69, 9.17) is 0 Å². The molecule has 0 amide bonds. The first-order valence-electron chi connectivity index (χ1n) is 5.75. The van der Waals surface area contributed by atoms with Crippen LogP contribution in [0.2, 0.25) is 0 Å². The molecule has 0 spiro atoms. The number of esters is 2. The molecule has 126 valence electrons. The van der Waals surface area contributed by atoms with Gasteiger partial charge in [0.05, 0.1) is 6.61 Å². The van der Waals surface area contributed by atoms with Gasteiger partial charge >= 0.3 is 24.3 Å². The fourth-order valence-electron chi connectivity index (χ4n) is 1.79. The molecule has 0 aromatic rings. The molecular weight excluding hydrogens is 326 g/mol. The Bertz CT molecular complexity index is 506. The number of rotatable bonds is 3. The standard InChI is InChI=1S/C11H10F6O5/c1-3-20-8(19)6-7(10(12,13)14)21-4-9(6,11(15,16)17)22-5(2)18/h3-4H2,1-2H3. The summed E-state index contributed by atoms with van der Waals surface area (Å²) in [5, 5.41) is 0. The fourth-order valence-corrected chi connectivity index (χ4v) is 1.79. The molecule has 0 aromatic heterocycles. The molecule has 0 radical (unpaired) electrons. The minimum absolute atomic E-state index is 0.485. The smallest absolute Gasteiger partial charge is 0.449 e. The summed E-state index contributed by atoms with van der Waals surface area (Å²) in [6.07, 6.45) is -10.9. The van der Waals surface area contributed by atoms with E-state index in [1.54, 1.807) is 0 Å². The average molecular weight is 336 g/mol. The van der Waals surface area contributed by atoms with Crippen molar-refractivity contribution in [1.82, 2.24) is 0 Å². The summed E-state index contributed by atoms with van der Waals surface area (Å²) >= 11 is 0.